The lowest BCUT2D eigenvalue weighted by Gasteiger charge is -2.07. The minimum absolute atomic E-state index is 0.222. The molecule has 1 amide bonds. The van der Waals surface area contributed by atoms with E-state index in [0.717, 1.165) is 15.3 Å². The lowest BCUT2D eigenvalue weighted by molar-refractivity contribution is 0.102. The Bertz CT molecular complexity index is 1220. The van der Waals surface area contributed by atoms with Crippen molar-refractivity contribution in [2.24, 2.45) is 0 Å². The van der Waals surface area contributed by atoms with Gasteiger partial charge in [0.1, 0.15) is 5.82 Å². The topological polar surface area (TPSA) is 80.9 Å². The molecule has 4 aromatic rings. The van der Waals surface area contributed by atoms with E-state index in [0.29, 0.717) is 40.1 Å². The van der Waals surface area contributed by atoms with Crippen molar-refractivity contribution in [1.82, 2.24) is 15.1 Å². The van der Waals surface area contributed by atoms with Gasteiger partial charge in [0.05, 0.1) is 11.3 Å². The Morgan fingerprint density at radius 3 is 2.84 bits per heavy atom. The molecule has 0 aliphatic carbocycles. The van der Waals surface area contributed by atoms with Crippen molar-refractivity contribution >= 4 is 34.1 Å². The number of anilines is 1. The molecule has 0 saturated heterocycles. The molecule has 1 N–H and O–H groups in total. The monoisotopic (exact) mass is 454 g/mol. The first-order valence-corrected chi connectivity index (χ1v) is 11.3. The standard InChI is InChI=1S/C22H19FN4O2S2/c1-13-7-8-15(10-18(13)23)9-16-11-24-22(31-16)26-21(28)17-5-3-4-6-19(17)30-12-20-25-14(2)29-27-20/h3-8,10-11H,9,12H2,1-2H3,(H,24,26,28). The van der Waals surface area contributed by atoms with Gasteiger partial charge in [-0.2, -0.15) is 4.98 Å². The zero-order valence-corrected chi connectivity index (χ0v) is 18.5. The van der Waals surface area contributed by atoms with Crippen molar-refractivity contribution in [2.75, 3.05) is 5.32 Å². The molecular weight excluding hydrogens is 435 g/mol. The smallest absolute Gasteiger partial charge is 0.258 e. The molecule has 0 fully saturated rings. The van der Waals surface area contributed by atoms with E-state index in [-0.39, 0.29) is 11.7 Å². The first-order chi connectivity index (χ1) is 15.0. The minimum Gasteiger partial charge on any atom is -0.340 e. The number of carbonyl (C=O) groups is 1. The number of halogens is 1. The number of amides is 1. The summed E-state index contributed by atoms with van der Waals surface area (Å²) in [5.41, 5.74) is 2.03. The molecule has 0 aliphatic heterocycles. The quantitative estimate of drug-likeness (QED) is 0.376. The summed E-state index contributed by atoms with van der Waals surface area (Å²) >= 11 is 2.84. The summed E-state index contributed by atoms with van der Waals surface area (Å²) in [6, 6.07) is 12.5. The van der Waals surface area contributed by atoms with E-state index in [1.807, 2.05) is 24.3 Å². The second kappa shape index (κ2) is 9.40. The van der Waals surface area contributed by atoms with E-state index in [1.165, 1.54) is 29.2 Å². The second-order valence-electron chi connectivity index (χ2n) is 6.86. The number of hydrogen-bond donors (Lipinski definition) is 1. The number of thioether (sulfide) groups is 1. The van der Waals surface area contributed by atoms with Crippen LogP contribution in [0.5, 0.6) is 0 Å². The molecule has 2 aromatic heterocycles. The van der Waals surface area contributed by atoms with Crippen molar-refractivity contribution in [2.45, 2.75) is 30.9 Å². The van der Waals surface area contributed by atoms with Crippen LogP contribution >= 0.6 is 23.1 Å². The van der Waals surface area contributed by atoms with Gasteiger partial charge in [-0.05, 0) is 36.2 Å². The molecule has 0 spiro atoms. The third kappa shape index (κ3) is 5.36. The van der Waals surface area contributed by atoms with Gasteiger partial charge >= 0.3 is 0 Å². The Labute approximate surface area is 186 Å². The van der Waals surface area contributed by atoms with Gasteiger partial charge in [0.2, 0.25) is 5.89 Å². The Morgan fingerprint density at radius 1 is 1.23 bits per heavy atom. The maximum absolute atomic E-state index is 13.8. The van der Waals surface area contributed by atoms with Gasteiger partial charge in [-0.25, -0.2) is 9.37 Å². The fourth-order valence-electron chi connectivity index (χ4n) is 2.88. The van der Waals surface area contributed by atoms with Gasteiger partial charge in [-0.15, -0.1) is 23.1 Å². The molecule has 0 bridgehead atoms. The minimum atomic E-state index is -0.241. The van der Waals surface area contributed by atoms with Crippen molar-refractivity contribution in [1.29, 1.82) is 0 Å². The van der Waals surface area contributed by atoms with Crippen LogP contribution < -0.4 is 5.32 Å². The highest BCUT2D eigenvalue weighted by molar-refractivity contribution is 7.98. The number of aryl methyl sites for hydroxylation is 2. The maximum Gasteiger partial charge on any atom is 0.258 e. The normalized spacial score (nSPS) is 10.9. The maximum atomic E-state index is 13.8. The molecule has 2 heterocycles. The van der Waals surface area contributed by atoms with Crippen molar-refractivity contribution in [3.63, 3.8) is 0 Å². The average Bonchev–Trinajstić information content (AvgIpc) is 3.38. The van der Waals surface area contributed by atoms with Crippen molar-refractivity contribution in [3.8, 4) is 0 Å². The second-order valence-corrected chi connectivity index (χ2v) is 8.99. The van der Waals surface area contributed by atoms with Gasteiger partial charge in [0, 0.05) is 29.3 Å². The van der Waals surface area contributed by atoms with E-state index >= 15 is 0 Å². The first-order valence-electron chi connectivity index (χ1n) is 9.50. The zero-order valence-electron chi connectivity index (χ0n) is 16.9. The lowest BCUT2D eigenvalue weighted by Crippen LogP contribution is -2.12. The Balaban J connectivity index is 1.42. The molecule has 6 nitrogen and oxygen atoms in total. The third-order valence-electron chi connectivity index (χ3n) is 4.45. The SMILES string of the molecule is Cc1nc(CSc2ccccc2C(=O)Nc2ncc(Cc3ccc(C)c(F)c3)s2)no1. The van der Waals surface area contributed by atoms with Gasteiger partial charge in [0.15, 0.2) is 11.0 Å². The molecule has 0 unspecified atom stereocenters. The zero-order chi connectivity index (χ0) is 21.8. The fourth-order valence-corrected chi connectivity index (χ4v) is 4.62. The molecule has 0 aliphatic rings. The van der Waals surface area contributed by atoms with Gasteiger partial charge < -0.3 is 4.52 Å². The van der Waals surface area contributed by atoms with Crippen molar-refractivity contribution in [3.05, 3.63) is 87.8 Å². The average molecular weight is 455 g/mol. The Morgan fingerprint density at radius 2 is 2.06 bits per heavy atom. The van der Waals surface area contributed by atoms with Crippen LogP contribution in [-0.4, -0.2) is 21.0 Å². The number of nitrogens with one attached hydrogen (secondary N) is 1. The molecule has 0 radical (unpaired) electrons. The number of thiazole rings is 1. The summed E-state index contributed by atoms with van der Waals surface area (Å²) in [4.78, 5) is 23.1. The van der Waals surface area contributed by atoms with Crippen LogP contribution in [0.1, 0.15) is 38.1 Å². The fraction of sp³-hybridized carbons (Fsp3) is 0.182. The molecule has 0 atom stereocenters. The van der Waals surface area contributed by atoms with E-state index in [1.54, 1.807) is 32.2 Å². The number of benzene rings is 2. The highest BCUT2D eigenvalue weighted by atomic mass is 32.2. The summed E-state index contributed by atoms with van der Waals surface area (Å²) in [7, 11) is 0. The predicted octanol–water partition coefficient (Wildman–Crippen LogP) is 5.42. The number of hydrogen-bond acceptors (Lipinski definition) is 7. The number of rotatable bonds is 7. The van der Waals surface area contributed by atoms with Gasteiger partial charge in [-0.1, -0.05) is 29.4 Å². The highest BCUT2D eigenvalue weighted by Crippen LogP contribution is 2.27. The summed E-state index contributed by atoms with van der Waals surface area (Å²) in [6.45, 7) is 3.47. The molecule has 0 saturated carbocycles. The molecule has 4 rings (SSSR count). The van der Waals surface area contributed by atoms with Crippen LogP contribution in [0.4, 0.5) is 9.52 Å². The van der Waals surface area contributed by atoms with Crippen molar-refractivity contribution < 1.29 is 13.7 Å². The summed E-state index contributed by atoms with van der Waals surface area (Å²) in [6.07, 6.45) is 2.26. The van der Waals surface area contributed by atoms with E-state index in [9.17, 15) is 9.18 Å². The highest BCUT2D eigenvalue weighted by Gasteiger charge is 2.15. The number of nitrogens with zero attached hydrogens (tertiary/aromatic N) is 3. The molecule has 31 heavy (non-hydrogen) atoms. The first kappa shape index (κ1) is 21.2. The van der Waals surface area contributed by atoms with Crippen LogP contribution in [0.15, 0.2) is 58.1 Å². The molecule has 2 aromatic carbocycles. The molecular formula is C22H19FN4O2S2. The van der Waals surface area contributed by atoms with Crippen LogP contribution in [0.2, 0.25) is 0 Å². The summed E-state index contributed by atoms with van der Waals surface area (Å²) in [5.74, 6) is 1.12. The Hall–Kier alpha value is -3.04. The van der Waals surface area contributed by atoms with E-state index < -0.39 is 0 Å². The van der Waals surface area contributed by atoms with Crippen LogP contribution in [-0.2, 0) is 12.2 Å². The number of carbonyl (C=O) groups excluding carboxylic acids is 1. The lowest BCUT2D eigenvalue weighted by atomic mass is 10.1. The van der Waals surface area contributed by atoms with Gasteiger partial charge in [-0.3, -0.25) is 10.1 Å². The number of aromatic nitrogens is 3. The molecule has 158 valence electrons. The van der Waals surface area contributed by atoms with Gasteiger partial charge in [0.25, 0.3) is 5.91 Å². The summed E-state index contributed by atoms with van der Waals surface area (Å²) in [5, 5.41) is 7.24. The predicted molar refractivity (Wildman–Crippen MR) is 119 cm³/mol. The van der Waals surface area contributed by atoms with Crippen LogP contribution in [0.3, 0.4) is 0 Å². The molecule has 9 heteroatoms. The third-order valence-corrected chi connectivity index (χ3v) is 6.43. The largest absolute Gasteiger partial charge is 0.340 e. The Kier molecular flexibility index (Phi) is 6.43. The van der Waals surface area contributed by atoms with Crippen LogP contribution in [0.25, 0.3) is 0 Å². The van der Waals surface area contributed by atoms with E-state index in [2.05, 4.69) is 20.4 Å². The van der Waals surface area contributed by atoms with Crippen LogP contribution in [0, 0.1) is 19.7 Å². The summed E-state index contributed by atoms with van der Waals surface area (Å²) < 4.78 is 18.8. The van der Waals surface area contributed by atoms with E-state index in [4.69, 9.17) is 4.52 Å².